The van der Waals surface area contributed by atoms with Crippen LogP contribution in [-0.4, -0.2) is 38.8 Å². The van der Waals surface area contributed by atoms with Crippen molar-refractivity contribution in [3.05, 3.63) is 42.1 Å². The highest BCUT2D eigenvalue weighted by atomic mass is 16.5. The van der Waals surface area contributed by atoms with Crippen LogP contribution in [0, 0.1) is 0 Å². The van der Waals surface area contributed by atoms with Crippen molar-refractivity contribution in [1.29, 1.82) is 0 Å². The average Bonchev–Trinajstić information content (AvgIpc) is 2.66. The van der Waals surface area contributed by atoms with Crippen LogP contribution in [0.5, 0.6) is 17.4 Å². The van der Waals surface area contributed by atoms with Gasteiger partial charge in [-0.3, -0.25) is 0 Å². The number of hydrogen-bond donors (Lipinski definition) is 2. The lowest BCUT2D eigenvalue weighted by molar-refractivity contribution is 0.355. The van der Waals surface area contributed by atoms with E-state index in [0.717, 1.165) is 17.8 Å². The quantitative estimate of drug-likeness (QED) is 0.594. The van der Waals surface area contributed by atoms with E-state index in [1.165, 1.54) is 0 Å². The van der Waals surface area contributed by atoms with E-state index in [1.807, 2.05) is 37.3 Å². The van der Waals surface area contributed by atoms with Gasteiger partial charge >= 0.3 is 0 Å². The van der Waals surface area contributed by atoms with Crippen molar-refractivity contribution < 1.29 is 14.2 Å². The van der Waals surface area contributed by atoms with Crippen LogP contribution in [-0.2, 0) is 6.54 Å². The van der Waals surface area contributed by atoms with Crippen LogP contribution >= 0.6 is 0 Å². The Hall–Kier alpha value is -2.96. The highest BCUT2D eigenvalue weighted by Crippen LogP contribution is 2.29. The van der Waals surface area contributed by atoms with Gasteiger partial charge in [0.2, 0.25) is 5.88 Å². The summed E-state index contributed by atoms with van der Waals surface area (Å²) in [5.41, 5.74) is 1.84. The maximum absolute atomic E-state index is 5.32. The molecule has 2 N–H and O–H groups in total. The first-order valence-corrected chi connectivity index (χ1v) is 7.96. The lowest BCUT2D eigenvalue weighted by Gasteiger charge is -2.13. The van der Waals surface area contributed by atoms with Crippen molar-refractivity contribution in [2.24, 2.45) is 4.99 Å². The Kier molecular flexibility index (Phi) is 6.88. The van der Waals surface area contributed by atoms with E-state index in [4.69, 9.17) is 14.2 Å². The highest BCUT2D eigenvalue weighted by molar-refractivity contribution is 5.93. The molecule has 0 aliphatic heterocycles. The van der Waals surface area contributed by atoms with E-state index in [2.05, 4.69) is 20.6 Å². The molecule has 7 nitrogen and oxygen atoms in total. The smallest absolute Gasteiger partial charge is 0.212 e. The first-order chi connectivity index (χ1) is 12.2. The summed E-state index contributed by atoms with van der Waals surface area (Å²) in [6.45, 7) is 3.26. The molecule has 0 spiro atoms. The minimum absolute atomic E-state index is 0.500. The molecule has 1 heterocycles. The lowest BCUT2D eigenvalue weighted by Crippen LogP contribution is -2.30. The van der Waals surface area contributed by atoms with Crippen molar-refractivity contribution in [3.8, 4) is 17.4 Å². The Morgan fingerprint density at radius 1 is 1.04 bits per heavy atom. The van der Waals surface area contributed by atoms with Crippen LogP contribution in [0.2, 0.25) is 0 Å². The van der Waals surface area contributed by atoms with Gasteiger partial charge in [0.25, 0.3) is 0 Å². The number of aromatic nitrogens is 1. The molecule has 1 aromatic carbocycles. The van der Waals surface area contributed by atoms with E-state index < -0.39 is 0 Å². The van der Waals surface area contributed by atoms with Gasteiger partial charge in [0.05, 0.1) is 27.9 Å². The summed E-state index contributed by atoms with van der Waals surface area (Å²) in [7, 11) is 4.81. The van der Waals surface area contributed by atoms with Crippen LogP contribution in [0.4, 0.5) is 5.69 Å². The van der Waals surface area contributed by atoms with Crippen LogP contribution < -0.4 is 24.8 Å². The lowest BCUT2D eigenvalue weighted by atomic mass is 10.2. The number of nitrogens with zero attached hydrogens (tertiary/aromatic N) is 2. The molecule has 0 aliphatic carbocycles. The summed E-state index contributed by atoms with van der Waals surface area (Å²) in [5.74, 6) is 2.59. The molecule has 7 heteroatoms. The Labute approximate surface area is 148 Å². The Morgan fingerprint density at radius 3 is 2.44 bits per heavy atom. The molecular weight excluding hydrogens is 320 g/mol. The van der Waals surface area contributed by atoms with Gasteiger partial charge in [-0.05, 0) is 24.6 Å². The van der Waals surface area contributed by atoms with Gasteiger partial charge in [0, 0.05) is 30.6 Å². The summed E-state index contributed by atoms with van der Waals surface area (Å²) in [6.07, 6.45) is 1.75. The van der Waals surface area contributed by atoms with Crippen molar-refractivity contribution in [2.45, 2.75) is 13.5 Å². The Balaban J connectivity index is 2.11. The molecule has 0 radical (unpaired) electrons. The van der Waals surface area contributed by atoms with Gasteiger partial charge in [-0.25, -0.2) is 9.98 Å². The average molecular weight is 344 g/mol. The minimum Gasteiger partial charge on any atom is -0.493 e. The summed E-state index contributed by atoms with van der Waals surface area (Å²) >= 11 is 0. The molecular formula is C18H24N4O3. The van der Waals surface area contributed by atoms with Gasteiger partial charge in [-0.1, -0.05) is 6.07 Å². The largest absolute Gasteiger partial charge is 0.493 e. The third-order valence-corrected chi connectivity index (χ3v) is 3.42. The van der Waals surface area contributed by atoms with E-state index in [1.54, 1.807) is 27.5 Å². The highest BCUT2D eigenvalue weighted by Gasteiger charge is 2.06. The Morgan fingerprint density at radius 2 is 1.84 bits per heavy atom. The third-order valence-electron chi connectivity index (χ3n) is 3.42. The number of hydrogen-bond acceptors (Lipinski definition) is 5. The van der Waals surface area contributed by atoms with Crippen molar-refractivity contribution >= 4 is 11.6 Å². The summed E-state index contributed by atoms with van der Waals surface area (Å²) in [5, 5.41) is 6.47. The molecule has 2 rings (SSSR count). The van der Waals surface area contributed by atoms with Crippen LogP contribution in [0.1, 0.15) is 12.5 Å². The number of pyridine rings is 1. The predicted octanol–water partition coefficient (Wildman–Crippen LogP) is 2.69. The molecule has 0 saturated heterocycles. The fourth-order valence-corrected chi connectivity index (χ4v) is 2.15. The van der Waals surface area contributed by atoms with Gasteiger partial charge in [0.15, 0.2) is 17.5 Å². The number of anilines is 1. The number of methoxy groups -OCH3 is 3. The number of nitrogens with one attached hydrogen (secondary N) is 2. The Bertz CT molecular complexity index is 702. The third kappa shape index (κ3) is 5.27. The zero-order valence-corrected chi connectivity index (χ0v) is 15.0. The van der Waals surface area contributed by atoms with Crippen LogP contribution in [0.15, 0.2) is 41.5 Å². The van der Waals surface area contributed by atoms with Gasteiger partial charge in [-0.15, -0.1) is 0 Å². The zero-order valence-electron chi connectivity index (χ0n) is 15.0. The van der Waals surface area contributed by atoms with E-state index in [9.17, 15) is 0 Å². The summed E-state index contributed by atoms with van der Waals surface area (Å²) in [4.78, 5) is 8.76. The van der Waals surface area contributed by atoms with Gasteiger partial charge < -0.3 is 24.8 Å². The molecule has 0 fully saturated rings. The maximum Gasteiger partial charge on any atom is 0.212 e. The molecule has 25 heavy (non-hydrogen) atoms. The molecule has 134 valence electrons. The van der Waals surface area contributed by atoms with Crippen LogP contribution in [0.25, 0.3) is 0 Å². The van der Waals surface area contributed by atoms with E-state index in [-0.39, 0.29) is 0 Å². The first-order valence-electron chi connectivity index (χ1n) is 7.96. The molecule has 0 unspecified atom stereocenters. The van der Waals surface area contributed by atoms with E-state index in [0.29, 0.717) is 29.9 Å². The molecule has 0 aliphatic rings. The fourth-order valence-electron chi connectivity index (χ4n) is 2.15. The fraction of sp³-hybridized carbons (Fsp3) is 0.333. The maximum atomic E-state index is 5.32. The molecule has 0 amide bonds. The number of aliphatic imine (C=N–C) groups is 1. The zero-order chi connectivity index (χ0) is 18.1. The molecule has 0 atom stereocenters. The van der Waals surface area contributed by atoms with Crippen molar-refractivity contribution in [2.75, 3.05) is 33.2 Å². The number of benzene rings is 1. The van der Waals surface area contributed by atoms with Crippen molar-refractivity contribution in [3.63, 3.8) is 0 Å². The number of rotatable bonds is 7. The number of guanidine groups is 1. The minimum atomic E-state index is 0.500. The molecule has 2 aromatic rings. The predicted molar refractivity (Wildman–Crippen MR) is 98.8 cm³/mol. The standard InChI is InChI=1S/C18H24N4O3/c1-5-19-18(21-12-13-6-9-17(25-4)20-11-13)22-14-7-8-15(23-2)16(10-14)24-3/h6-11H,5,12H2,1-4H3,(H2,19,21,22). The topological polar surface area (TPSA) is 77.0 Å². The summed E-state index contributed by atoms with van der Waals surface area (Å²) < 4.78 is 15.6. The van der Waals surface area contributed by atoms with Gasteiger partial charge in [-0.2, -0.15) is 0 Å². The second kappa shape index (κ2) is 9.36. The summed E-state index contributed by atoms with van der Waals surface area (Å²) in [6, 6.07) is 9.37. The van der Waals surface area contributed by atoms with E-state index >= 15 is 0 Å². The van der Waals surface area contributed by atoms with Crippen molar-refractivity contribution in [1.82, 2.24) is 10.3 Å². The second-order valence-corrected chi connectivity index (χ2v) is 5.10. The first kappa shape index (κ1) is 18.4. The second-order valence-electron chi connectivity index (χ2n) is 5.10. The molecule has 0 bridgehead atoms. The van der Waals surface area contributed by atoms with Crippen LogP contribution in [0.3, 0.4) is 0 Å². The number of ether oxygens (including phenoxy) is 3. The normalized spacial score (nSPS) is 11.0. The SMILES string of the molecule is CCNC(=NCc1ccc(OC)nc1)Nc1ccc(OC)c(OC)c1. The van der Waals surface area contributed by atoms with Gasteiger partial charge in [0.1, 0.15) is 0 Å². The monoisotopic (exact) mass is 344 g/mol. The molecule has 1 aromatic heterocycles. The molecule has 0 saturated carbocycles.